The SMILES string of the molecule is CCOC(=O)Nn1ccc2c(cnc3ccnn32)c1=O. The number of fused-ring (bicyclic) bond motifs is 3. The Balaban J connectivity index is 2.13. The smallest absolute Gasteiger partial charge is 0.426 e. The Hall–Kier alpha value is -2.90. The molecule has 3 aromatic heterocycles. The van der Waals surface area contributed by atoms with Gasteiger partial charge in [-0.05, 0) is 13.0 Å². The second-order valence-electron chi connectivity index (χ2n) is 3.98. The summed E-state index contributed by atoms with van der Waals surface area (Å²) in [4.78, 5) is 27.7. The maximum Gasteiger partial charge on any atom is 0.426 e. The van der Waals surface area contributed by atoms with E-state index in [1.54, 1.807) is 29.8 Å². The van der Waals surface area contributed by atoms with E-state index in [0.29, 0.717) is 16.6 Å². The van der Waals surface area contributed by atoms with E-state index >= 15 is 0 Å². The lowest BCUT2D eigenvalue weighted by Gasteiger charge is -2.09. The molecule has 20 heavy (non-hydrogen) atoms. The minimum absolute atomic E-state index is 0.226. The number of amides is 1. The second-order valence-corrected chi connectivity index (χ2v) is 3.98. The van der Waals surface area contributed by atoms with Crippen molar-refractivity contribution in [1.29, 1.82) is 0 Å². The molecule has 3 aromatic rings. The second kappa shape index (κ2) is 4.65. The standard InChI is InChI=1S/C12H11N5O3/c1-2-20-12(19)15-16-6-4-9-8(11(16)18)7-13-10-3-5-14-17(9)10/h3-7H,2H2,1H3,(H,15,19). The average molecular weight is 273 g/mol. The van der Waals surface area contributed by atoms with Crippen LogP contribution in [0.1, 0.15) is 6.92 Å². The first kappa shape index (κ1) is 12.2. The molecule has 0 unspecified atom stereocenters. The fourth-order valence-electron chi connectivity index (χ4n) is 1.91. The molecule has 102 valence electrons. The summed E-state index contributed by atoms with van der Waals surface area (Å²) in [5, 5.41) is 4.45. The highest BCUT2D eigenvalue weighted by Crippen LogP contribution is 2.09. The van der Waals surface area contributed by atoms with E-state index < -0.39 is 11.7 Å². The first-order valence-electron chi connectivity index (χ1n) is 5.98. The van der Waals surface area contributed by atoms with Crippen molar-refractivity contribution in [2.45, 2.75) is 6.92 Å². The summed E-state index contributed by atoms with van der Waals surface area (Å²) >= 11 is 0. The van der Waals surface area contributed by atoms with Crippen LogP contribution < -0.4 is 11.0 Å². The minimum atomic E-state index is -0.693. The Labute approximate surface area is 112 Å². The molecule has 0 aliphatic heterocycles. The quantitative estimate of drug-likeness (QED) is 0.743. The van der Waals surface area contributed by atoms with E-state index in [1.165, 1.54) is 12.4 Å². The molecule has 3 rings (SSSR count). The fourth-order valence-corrected chi connectivity index (χ4v) is 1.91. The number of nitrogens with zero attached hydrogens (tertiary/aromatic N) is 4. The number of hydrogen-bond donors (Lipinski definition) is 1. The van der Waals surface area contributed by atoms with E-state index in [9.17, 15) is 9.59 Å². The lowest BCUT2D eigenvalue weighted by atomic mass is 10.3. The van der Waals surface area contributed by atoms with Gasteiger partial charge in [0.15, 0.2) is 5.65 Å². The van der Waals surface area contributed by atoms with Crippen molar-refractivity contribution in [1.82, 2.24) is 19.3 Å². The van der Waals surface area contributed by atoms with Gasteiger partial charge in [0.25, 0.3) is 5.56 Å². The first-order chi connectivity index (χ1) is 9.70. The van der Waals surface area contributed by atoms with Crippen LogP contribution in [0.5, 0.6) is 0 Å². The van der Waals surface area contributed by atoms with Crippen molar-refractivity contribution in [3.63, 3.8) is 0 Å². The van der Waals surface area contributed by atoms with Gasteiger partial charge in [0.2, 0.25) is 0 Å². The van der Waals surface area contributed by atoms with Gasteiger partial charge in [-0.3, -0.25) is 4.79 Å². The van der Waals surface area contributed by atoms with E-state index in [4.69, 9.17) is 4.74 Å². The summed E-state index contributed by atoms with van der Waals surface area (Å²) in [6.07, 6.45) is 3.81. The summed E-state index contributed by atoms with van der Waals surface area (Å²) in [6, 6.07) is 3.41. The van der Waals surface area contributed by atoms with Crippen LogP contribution in [0, 0.1) is 0 Å². The summed E-state index contributed by atoms with van der Waals surface area (Å²) in [7, 11) is 0. The molecule has 0 atom stereocenters. The van der Waals surface area contributed by atoms with Gasteiger partial charge in [0.1, 0.15) is 0 Å². The number of ether oxygens (including phenoxy) is 1. The van der Waals surface area contributed by atoms with Gasteiger partial charge >= 0.3 is 6.09 Å². The maximum absolute atomic E-state index is 12.2. The summed E-state index contributed by atoms with van der Waals surface area (Å²) in [5.74, 6) is 0. The monoisotopic (exact) mass is 273 g/mol. The van der Waals surface area contributed by atoms with Crippen LogP contribution in [-0.4, -0.2) is 32.0 Å². The molecule has 0 radical (unpaired) electrons. The first-order valence-corrected chi connectivity index (χ1v) is 5.98. The predicted octanol–water partition coefficient (Wildman–Crippen LogP) is 0.744. The Kier molecular flexibility index (Phi) is 2.82. The molecule has 3 heterocycles. The molecule has 1 N–H and O–H groups in total. The summed E-state index contributed by atoms with van der Waals surface area (Å²) in [5.41, 5.74) is 3.19. The van der Waals surface area contributed by atoms with Crippen molar-refractivity contribution in [3.8, 4) is 0 Å². The van der Waals surface area contributed by atoms with Crippen LogP contribution in [0.3, 0.4) is 0 Å². The summed E-state index contributed by atoms with van der Waals surface area (Å²) < 4.78 is 7.34. The van der Waals surface area contributed by atoms with E-state index in [2.05, 4.69) is 15.5 Å². The molecule has 0 bridgehead atoms. The number of aromatic nitrogens is 4. The van der Waals surface area contributed by atoms with Crippen LogP contribution in [0.4, 0.5) is 4.79 Å². The maximum atomic E-state index is 12.2. The highest BCUT2D eigenvalue weighted by atomic mass is 16.6. The lowest BCUT2D eigenvalue weighted by Crippen LogP contribution is -2.33. The van der Waals surface area contributed by atoms with Crippen LogP contribution in [0.15, 0.2) is 35.5 Å². The van der Waals surface area contributed by atoms with Gasteiger partial charge in [-0.15, -0.1) is 0 Å². The molecule has 0 fully saturated rings. The van der Waals surface area contributed by atoms with Gasteiger partial charge < -0.3 is 4.74 Å². The number of pyridine rings is 1. The highest BCUT2D eigenvalue weighted by molar-refractivity contribution is 5.80. The Bertz CT molecular complexity index is 851. The number of carbonyl (C=O) groups is 1. The third-order valence-corrected chi connectivity index (χ3v) is 2.77. The normalized spacial score (nSPS) is 10.8. The number of hydrogen-bond acceptors (Lipinski definition) is 5. The fraction of sp³-hybridized carbons (Fsp3) is 0.167. The number of carbonyl (C=O) groups excluding carboxylic acids is 1. The lowest BCUT2D eigenvalue weighted by molar-refractivity contribution is 0.164. The van der Waals surface area contributed by atoms with E-state index in [0.717, 1.165) is 4.68 Å². The van der Waals surface area contributed by atoms with Crippen LogP contribution in [-0.2, 0) is 4.74 Å². The Morgan fingerprint density at radius 1 is 1.45 bits per heavy atom. The third-order valence-electron chi connectivity index (χ3n) is 2.77. The third kappa shape index (κ3) is 1.87. The molecule has 0 spiro atoms. The van der Waals surface area contributed by atoms with Crippen LogP contribution in [0.25, 0.3) is 16.6 Å². The molecule has 8 nitrogen and oxygen atoms in total. The van der Waals surface area contributed by atoms with Crippen LogP contribution in [0.2, 0.25) is 0 Å². The van der Waals surface area contributed by atoms with Crippen LogP contribution >= 0.6 is 0 Å². The zero-order valence-corrected chi connectivity index (χ0v) is 10.6. The molecule has 0 aliphatic rings. The molecular weight excluding hydrogens is 262 g/mol. The van der Waals surface area contributed by atoms with Crippen molar-refractivity contribution in [3.05, 3.63) is 41.1 Å². The molecular formula is C12H11N5O3. The van der Waals surface area contributed by atoms with Gasteiger partial charge in [0, 0.05) is 18.5 Å². The molecule has 0 aromatic carbocycles. The topological polar surface area (TPSA) is 90.5 Å². The van der Waals surface area contributed by atoms with Crippen molar-refractivity contribution in [2.75, 3.05) is 12.0 Å². The molecule has 0 aliphatic carbocycles. The highest BCUT2D eigenvalue weighted by Gasteiger charge is 2.09. The predicted molar refractivity (Wildman–Crippen MR) is 71.1 cm³/mol. The Morgan fingerprint density at radius 3 is 3.10 bits per heavy atom. The Morgan fingerprint density at radius 2 is 2.30 bits per heavy atom. The number of rotatable bonds is 2. The van der Waals surface area contributed by atoms with Crippen molar-refractivity contribution >= 4 is 22.6 Å². The molecule has 1 amide bonds. The average Bonchev–Trinajstić information content (AvgIpc) is 2.90. The van der Waals surface area contributed by atoms with E-state index in [1.807, 2.05) is 0 Å². The zero-order chi connectivity index (χ0) is 14.1. The van der Waals surface area contributed by atoms with Gasteiger partial charge in [-0.25, -0.2) is 24.4 Å². The van der Waals surface area contributed by atoms with E-state index in [-0.39, 0.29) is 6.61 Å². The van der Waals surface area contributed by atoms with Crippen molar-refractivity contribution < 1.29 is 9.53 Å². The van der Waals surface area contributed by atoms with Gasteiger partial charge in [-0.2, -0.15) is 5.10 Å². The van der Waals surface area contributed by atoms with Crippen molar-refractivity contribution in [2.24, 2.45) is 0 Å². The van der Waals surface area contributed by atoms with Gasteiger partial charge in [0.05, 0.1) is 23.7 Å². The molecule has 0 saturated heterocycles. The van der Waals surface area contributed by atoms with Gasteiger partial charge in [-0.1, -0.05) is 0 Å². The number of nitrogens with one attached hydrogen (secondary N) is 1. The summed E-state index contributed by atoms with van der Waals surface area (Å²) in [6.45, 7) is 1.91. The largest absolute Gasteiger partial charge is 0.449 e. The molecule has 8 heteroatoms. The molecule has 0 saturated carbocycles. The zero-order valence-electron chi connectivity index (χ0n) is 10.6. The minimum Gasteiger partial charge on any atom is -0.449 e.